The maximum absolute atomic E-state index is 13.2. The fourth-order valence-electron chi connectivity index (χ4n) is 3.08. The summed E-state index contributed by atoms with van der Waals surface area (Å²) in [6.07, 6.45) is 0. The first-order valence-corrected chi connectivity index (χ1v) is 11.4. The lowest BCUT2D eigenvalue weighted by atomic mass is 10.1. The third-order valence-corrected chi connectivity index (χ3v) is 6.49. The van der Waals surface area contributed by atoms with Crippen LogP contribution in [0.2, 0.25) is 0 Å². The molecule has 7 heteroatoms. The summed E-state index contributed by atoms with van der Waals surface area (Å²) in [4.78, 5) is 31.0. The van der Waals surface area contributed by atoms with Crippen LogP contribution in [0.4, 0.5) is 0 Å². The van der Waals surface area contributed by atoms with Gasteiger partial charge in [-0.15, -0.1) is 11.3 Å². The summed E-state index contributed by atoms with van der Waals surface area (Å²) >= 11 is 2.78. The highest BCUT2D eigenvalue weighted by Crippen LogP contribution is 2.18. The number of thioether (sulfide) groups is 1. The molecule has 0 fully saturated rings. The summed E-state index contributed by atoms with van der Waals surface area (Å²) < 4.78 is 1.74. The summed E-state index contributed by atoms with van der Waals surface area (Å²) in [6.45, 7) is 3.00. The molecule has 2 heterocycles. The van der Waals surface area contributed by atoms with Crippen molar-refractivity contribution < 1.29 is 4.79 Å². The smallest absolute Gasteiger partial charge is 0.283 e. The summed E-state index contributed by atoms with van der Waals surface area (Å²) in [5.74, 6) is 0.0316. The number of fused-ring (bicyclic) bond motifs is 1. The molecule has 1 N–H and O–H groups in total. The van der Waals surface area contributed by atoms with E-state index in [0.717, 1.165) is 21.5 Å². The van der Waals surface area contributed by atoms with E-state index < -0.39 is 0 Å². The molecule has 0 aliphatic rings. The third kappa shape index (κ3) is 4.80. The topological polar surface area (TPSA) is 64.0 Å². The Morgan fingerprint density at radius 3 is 2.67 bits per heavy atom. The Morgan fingerprint density at radius 1 is 1.10 bits per heavy atom. The molecule has 4 rings (SSSR count). The maximum Gasteiger partial charge on any atom is 0.283 e. The molecule has 2 aromatic heterocycles. The Morgan fingerprint density at radius 2 is 1.90 bits per heavy atom. The van der Waals surface area contributed by atoms with Crippen molar-refractivity contribution in [1.29, 1.82) is 0 Å². The number of nitrogens with one attached hydrogen (secondary N) is 1. The van der Waals surface area contributed by atoms with Crippen molar-refractivity contribution >= 4 is 40.0 Å². The summed E-state index contributed by atoms with van der Waals surface area (Å²) in [5, 5.41) is 5.20. The van der Waals surface area contributed by atoms with Gasteiger partial charge in [-0.2, -0.15) is 0 Å². The lowest BCUT2D eigenvalue weighted by Gasteiger charge is -2.12. The quantitative estimate of drug-likeness (QED) is 0.442. The molecule has 0 bridgehead atoms. The first-order chi connectivity index (χ1) is 14.6. The van der Waals surface area contributed by atoms with E-state index >= 15 is 0 Å². The zero-order chi connectivity index (χ0) is 20.9. The molecule has 152 valence electrons. The zero-order valence-corrected chi connectivity index (χ0v) is 18.1. The van der Waals surface area contributed by atoms with Gasteiger partial charge in [-0.1, -0.05) is 59.8 Å². The predicted molar refractivity (Wildman–Crippen MR) is 123 cm³/mol. The van der Waals surface area contributed by atoms with Gasteiger partial charge < -0.3 is 5.32 Å². The molecule has 0 aliphatic carbocycles. The largest absolute Gasteiger partial charge is 0.350 e. The maximum atomic E-state index is 13.2. The highest BCUT2D eigenvalue weighted by Gasteiger charge is 2.13. The van der Waals surface area contributed by atoms with E-state index in [1.807, 2.05) is 73.0 Å². The molecule has 5 nitrogen and oxygen atoms in total. The number of aromatic nitrogens is 2. The highest BCUT2D eigenvalue weighted by molar-refractivity contribution is 7.99. The highest BCUT2D eigenvalue weighted by atomic mass is 32.2. The van der Waals surface area contributed by atoms with Crippen molar-refractivity contribution in [2.75, 3.05) is 5.75 Å². The van der Waals surface area contributed by atoms with Crippen molar-refractivity contribution in [2.45, 2.75) is 25.0 Å². The Balaban J connectivity index is 1.55. The molecule has 4 aromatic rings. The van der Waals surface area contributed by atoms with Gasteiger partial charge in [-0.05, 0) is 36.1 Å². The number of aryl methyl sites for hydroxylation is 1. The van der Waals surface area contributed by atoms with E-state index in [4.69, 9.17) is 0 Å². The second kappa shape index (κ2) is 9.28. The second-order valence-corrected chi connectivity index (χ2v) is 8.92. The number of carbonyl (C=O) groups excluding carboxylic acids is 1. The van der Waals surface area contributed by atoms with E-state index in [0.29, 0.717) is 18.1 Å². The summed E-state index contributed by atoms with van der Waals surface area (Å²) in [6, 6.07) is 19.7. The average Bonchev–Trinajstić information content (AvgIpc) is 3.28. The minimum Gasteiger partial charge on any atom is -0.350 e. The Kier molecular flexibility index (Phi) is 6.30. The SMILES string of the molecule is Cc1ccc(Cn2c(=O)c(SCC(=O)NCc3cccs3)nc3ccccc32)cc1. The Bertz CT molecular complexity index is 1220. The van der Waals surface area contributed by atoms with Gasteiger partial charge in [0.2, 0.25) is 5.91 Å². The van der Waals surface area contributed by atoms with Crippen LogP contribution in [0.1, 0.15) is 16.0 Å². The fraction of sp³-hybridized carbons (Fsp3) is 0.174. The number of para-hydroxylation sites is 2. The van der Waals surface area contributed by atoms with Crippen molar-refractivity contribution in [1.82, 2.24) is 14.9 Å². The normalized spacial score (nSPS) is 11.0. The van der Waals surface area contributed by atoms with Crippen LogP contribution in [0.25, 0.3) is 11.0 Å². The first-order valence-electron chi connectivity index (χ1n) is 9.57. The van der Waals surface area contributed by atoms with Crippen LogP contribution in [-0.2, 0) is 17.9 Å². The lowest BCUT2D eigenvalue weighted by Crippen LogP contribution is -2.27. The fourth-order valence-corrected chi connectivity index (χ4v) is 4.49. The number of hydrogen-bond acceptors (Lipinski definition) is 5. The van der Waals surface area contributed by atoms with Crippen molar-refractivity contribution in [3.63, 3.8) is 0 Å². The lowest BCUT2D eigenvalue weighted by molar-refractivity contribution is -0.118. The van der Waals surface area contributed by atoms with Gasteiger partial charge in [0, 0.05) is 4.88 Å². The van der Waals surface area contributed by atoms with Gasteiger partial charge >= 0.3 is 0 Å². The molecule has 0 spiro atoms. The van der Waals surface area contributed by atoms with Gasteiger partial charge in [0.1, 0.15) is 0 Å². The van der Waals surface area contributed by atoms with Crippen LogP contribution in [0.3, 0.4) is 0 Å². The molecule has 0 saturated carbocycles. The Hall–Kier alpha value is -2.90. The van der Waals surface area contributed by atoms with Crippen LogP contribution in [0.15, 0.2) is 75.9 Å². The minimum atomic E-state index is -0.176. The van der Waals surface area contributed by atoms with Gasteiger partial charge in [0.05, 0.1) is 29.9 Å². The number of carbonyl (C=O) groups is 1. The van der Waals surface area contributed by atoms with Gasteiger partial charge in [-0.3, -0.25) is 14.2 Å². The van der Waals surface area contributed by atoms with Gasteiger partial charge in [0.15, 0.2) is 5.03 Å². The number of hydrogen-bond donors (Lipinski definition) is 1. The number of amides is 1. The van der Waals surface area contributed by atoms with E-state index in [-0.39, 0.29) is 17.2 Å². The van der Waals surface area contributed by atoms with Crippen LogP contribution in [0, 0.1) is 6.92 Å². The number of benzene rings is 2. The van der Waals surface area contributed by atoms with Crippen LogP contribution in [0.5, 0.6) is 0 Å². The first kappa shape index (κ1) is 20.4. The predicted octanol–water partition coefficient (Wildman–Crippen LogP) is 4.22. The molecule has 1 amide bonds. The number of thiophene rings is 1. The number of nitrogens with zero attached hydrogens (tertiary/aromatic N) is 2. The van der Waals surface area contributed by atoms with Gasteiger partial charge in [0.25, 0.3) is 5.56 Å². The Labute approximate surface area is 182 Å². The molecular weight excluding hydrogens is 414 g/mol. The number of rotatable bonds is 7. The monoisotopic (exact) mass is 435 g/mol. The van der Waals surface area contributed by atoms with E-state index in [1.54, 1.807) is 15.9 Å². The van der Waals surface area contributed by atoms with Gasteiger partial charge in [-0.25, -0.2) is 4.98 Å². The molecule has 0 saturated heterocycles. The van der Waals surface area contributed by atoms with Crippen LogP contribution >= 0.6 is 23.1 Å². The minimum absolute atomic E-state index is 0.118. The molecular formula is C23H21N3O2S2. The molecule has 2 aromatic carbocycles. The van der Waals surface area contributed by atoms with E-state index in [1.165, 1.54) is 17.3 Å². The molecule has 0 atom stereocenters. The zero-order valence-electron chi connectivity index (χ0n) is 16.5. The van der Waals surface area contributed by atoms with E-state index in [2.05, 4.69) is 10.3 Å². The summed E-state index contributed by atoms with van der Waals surface area (Å²) in [5.41, 5.74) is 3.57. The van der Waals surface area contributed by atoms with Crippen molar-refractivity contribution in [3.05, 3.63) is 92.4 Å². The molecule has 0 unspecified atom stereocenters. The van der Waals surface area contributed by atoms with E-state index in [9.17, 15) is 9.59 Å². The second-order valence-electron chi connectivity index (χ2n) is 6.93. The van der Waals surface area contributed by atoms with Crippen molar-refractivity contribution in [2.24, 2.45) is 0 Å². The molecule has 0 aliphatic heterocycles. The third-order valence-electron chi connectivity index (χ3n) is 4.66. The summed E-state index contributed by atoms with van der Waals surface area (Å²) in [7, 11) is 0. The van der Waals surface area contributed by atoms with Crippen molar-refractivity contribution in [3.8, 4) is 0 Å². The molecule has 30 heavy (non-hydrogen) atoms. The standard InChI is InChI=1S/C23H21N3O2S2/c1-16-8-10-17(11-9-16)14-26-20-7-3-2-6-19(20)25-22(23(26)28)30-15-21(27)24-13-18-5-4-12-29-18/h2-12H,13-15H2,1H3,(H,24,27). The average molecular weight is 436 g/mol. The van der Waals surface area contributed by atoms with Crippen LogP contribution < -0.4 is 10.9 Å². The molecule has 0 radical (unpaired) electrons. The van der Waals surface area contributed by atoms with Crippen LogP contribution in [-0.4, -0.2) is 21.2 Å².